The maximum absolute atomic E-state index is 13.0. The highest BCUT2D eigenvalue weighted by Crippen LogP contribution is 2.40. The number of benzene rings is 1. The summed E-state index contributed by atoms with van der Waals surface area (Å²) in [5.74, 6) is -0.270. The molecule has 132 valence electrons. The highest BCUT2D eigenvalue weighted by molar-refractivity contribution is 6.30. The van der Waals surface area contributed by atoms with E-state index in [0.29, 0.717) is 17.6 Å². The first-order chi connectivity index (χ1) is 12.1. The van der Waals surface area contributed by atoms with Gasteiger partial charge in [0.05, 0.1) is 17.3 Å². The first kappa shape index (κ1) is 16.4. The molecule has 4 rings (SSSR count). The number of piperidine rings is 1. The van der Waals surface area contributed by atoms with Crippen LogP contribution in [0.5, 0.6) is 0 Å². The summed E-state index contributed by atoms with van der Waals surface area (Å²) < 4.78 is 14.9. The number of halogens is 2. The van der Waals surface area contributed by atoms with Gasteiger partial charge in [-0.2, -0.15) is 5.10 Å². The van der Waals surface area contributed by atoms with Gasteiger partial charge in [0.15, 0.2) is 0 Å². The van der Waals surface area contributed by atoms with Gasteiger partial charge < -0.3 is 10.2 Å². The molecule has 2 bridgehead atoms. The van der Waals surface area contributed by atoms with Crippen LogP contribution >= 0.6 is 11.6 Å². The van der Waals surface area contributed by atoms with Crippen molar-refractivity contribution in [3.05, 3.63) is 53.1 Å². The third-order valence-electron chi connectivity index (χ3n) is 5.24. The van der Waals surface area contributed by atoms with E-state index in [1.165, 1.54) is 12.1 Å². The van der Waals surface area contributed by atoms with Crippen molar-refractivity contribution in [2.24, 2.45) is 0 Å². The first-order valence-electron chi connectivity index (χ1n) is 8.60. The van der Waals surface area contributed by atoms with E-state index in [1.54, 1.807) is 18.3 Å². The molecule has 2 aliphatic heterocycles. The maximum atomic E-state index is 13.0. The van der Waals surface area contributed by atoms with Gasteiger partial charge in [0.25, 0.3) is 0 Å². The Hall–Kier alpha value is -2.08. The number of fused-ring (bicyclic) bond motifs is 2. The van der Waals surface area contributed by atoms with Crippen LogP contribution < -0.4 is 5.32 Å². The first-order valence-corrected chi connectivity index (χ1v) is 8.98. The number of aromatic nitrogens is 2. The minimum absolute atomic E-state index is 0.0335. The molecular formula is C18H20ClFN4O. The zero-order chi connectivity index (χ0) is 17.4. The van der Waals surface area contributed by atoms with E-state index in [9.17, 15) is 9.18 Å². The highest BCUT2D eigenvalue weighted by atomic mass is 35.5. The zero-order valence-corrected chi connectivity index (χ0v) is 14.5. The van der Waals surface area contributed by atoms with E-state index in [1.807, 2.05) is 15.8 Å². The Morgan fingerprint density at radius 3 is 2.48 bits per heavy atom. The van der Waals surface area contributed by atoms with E-state index in [-0.39, 0.29) is 23.9 Å². The molecule has 1 aromatic heterocycles. The zero-order valence-electron chi connectivity index (χ0n) is 13.7. The summed E-state index contributed by atoms with van der Waals surface area (Å²) in [6.07, 6.45) is 7.37. The number of carbonyl (C=O) groups is 1. The average Bonchev–Trinajstić information content (AvgIpc) is 3.15. The van der Waals surface area contributed by atoms with Crippen LogP contribution in [0.2, 0.25) is 5.02 Å². The van der Waals surface area contributed by atoms with Gasteiger partial charge >= 0.3 is 6.03 Å². The maximum Gasteiger partial charge on any atom is 0.318 e. The molecule has 2 unspecified atom stereocenters. The van der Waals surface area contributed by atoms with E-state index < -0.39 is 0 Å². The average molecular weight is 363 g/mol. The van der Waals surface area contributed by atoms with Gasteiger partial charge in [-0.3, -0.25) is 4.68 Å². The fourth-order valence-corrected chi connectivity index (χ4v) is 4.23. The lowest BCUT2D eigenvalue weighted by molar-refractivity contribution is 0.120. The van der Waals surface area contributed by atoms with Crippen LogP contribution in [0.4, 0.5) is 9.18 Å². The summed E-state index contributed by atoms with van der Waals surface area (Å²) in [4.78, 5) is 14.6. The van der Waals surface area contributed by atoms with E-state index >= 15 is 0 Å². The van der Waals surface area contributed by atoms with Crippen molar-refractivity contribution in [3.63, 3.8) is 0 Å². The minimum Gasteiger partial charge on any atom is -0.334 e. The van der Waals surface area contributed by atoms with Crippen LogP contribution in [-0.2, 0) is 6.54 Å². The summed E-state index contributed by atoms with van der Waals surface area (Å²) in [7, 11) is 0. The van der Waals surface area contributed by atoms with Crippen molar-refractivity contribution in [1.82, 2.24) is 20.0 Å². The van der Waals surface area contributed by atoms with Gasteiger partial charge in [-0.15, -0.1) is 0 Å². The molecule has 2 atom stereocenters. The number of nitrogens with zero attached hydrogens (tertiary/aromatic N) is 3. The van der Waals surface area contributed by atoms with Gasteiger partial charge in [-0.05, 0) is 43.4 Å². The van der Waals surface area contributed by atoms with Crippen molar-refractivity contribution in [2.45, 2.75) is 50.4 Å². The lowest BCUT2D eigenvalue weighted by atomic mass is 9.98. The summed E-state index contributed by atoms with van der Waals surface area (Å²) in [6, 6.07) is 6.94. The lowest BCUT2D eigenvalue weighted by Crippen LogP contribution is -2.50. The molecular weight excluding hydrogens is 343 g/mol. The Labute approximate surface area is 150 Å². The Balaban J connectivity index is 1.38. The Morgan fingerprint density at radius 2 is 1.88 bits per heavy atom. The monoisotopic (exact) mass is 362 g/mol. The molecule has 0 aliphatic carbocycles. The highest BCUT2D eigenvalue weighted by Gasteiger charge is 2.43. The van der Waals surface area contributed by atoms with Crippen LogP contribution in [0.25, 0.3) is 0 Å². The summed E-state index contributed by atoms with van der Waals surface area (Å²) in [5.41, 5.74) is 0.892. The van der Waals surface area contributed by atoms with Gasteiger partial charge in [0.2, 0.25) is 0 Å². The molecule has 2 aromatic rings. The third-order valence-corrected chi connectivity index (χ3v) is 5.44. The fourth-order valence-electron chi connectivity index (χ4n) is 4.08. The molecule has 7 heteroatoms. The molecule has 0 spiro atoms. The van der Waals surface area contributed by atoms with Crippen molar-refractivity contribution < 1.29 is 9.18 Å². The molecule has 2 saturated heterocycles. The summed E-state index contributed by atoms with van der Waals surface area (Å²) >= 11 is 5.98. The van der Waals surface area contributed by atoms with Crippen molar-refractivity contribution >= 4 is 17.6 Å². The SMILES string of the molecule is O=C(NCc1ccc(F)cc1)N1C2CCC1CC(n1cc(Cl)cn1)C2. The number of nitrogens with one attached hydrogen (secondary N) is 1. The van der Waals surface area contributed by atoms with Crippen LogP contribution in [0.15, 0.2) is 36.7 Å². The van der Waals surface area contributed by atoms with E-state index in [0.717, 1.165) is 31.2 Å². The number of amides is 2. The Morgan fingerprint density at radius 1 is 1.20 bits per heavy atom. The molecule has 0 saturated carbocycles. The third kappa shape index (κ3) is 3.35. The van der Waals surface area contributed by atoms with E-state index in [4.69, 9.17) is 11.6 Å². The number of hydrogen-bond donors (Lipinski definition) is 1. The van der Waals surface area contributed by atoms with Gasteiger partial charge in [0, 0.05) is 24.8 Å². The molecule has 2 aliphatic rings. The quantitative estimate of drug-likeness (QED) is 0.904. The summed E-state index contributed by atoms with van der Waals surface area (Å²) in [5, 5.41) is 7.94. The van der Waals surface area contributed by atoms with E-state index in [2.05, 4.69) is 10.4 Å². The van der Waals surface area contributed by atoms with Crippen LogP contribution in [-0.4, -0.2) is 32.8 Å². The Bertz CT molecular complexity index is 749. The molecule has 2 fully saturated rings. The molecule has 1 aromatic carbocycles. The topological polar surface area (TPSA) is 50.2 Å². The van der Waals surface area contributed by atoms with Crippen molar-refractivity contribution in [1.29, 1.82) is 0 Å². The van der Waals surface area contributed by atoms with Gasteiger partial charge in [0.1, 0.15) is 5.82 Å². The van der Waals surface area contributed by atoms with Crippen LogP contribution in [0.1, 0.15) is 37.3 Å². The van der Waals surface area contributed by atoms with Gasteiger partial charge in [-0.1, -0.05) is 23.7 Å². The second-order valence-corrected chi connectivity index (χ2v) is 7.28. The van der Waals surface area contributed by atoms with Crippen molar-refractivity contribution in [2.75, 3.05) is 0 Å². The summed E-state index contributed by atoms with van der Waals surface area (Å²) in [6.45, 7) is 0.410. The minimum atomic E-state index is -0.270. The largest absolute Gasteiger partial charge is 0.334 e. The Kier molecular flexibility index (Phi) is 4.37. The smallest absolute Gasteiger partial charge is 0.318 e. The molecule has 3 heterocycles. The predicted octanol–water partition coefficient (Wildman–Crippen LogP) is 3.75. The second-order valence-electron chi connectivity index (χ2n) is 6.84. The second kappa shape index (κ2) is 6.67. The molecule has 5 nitrogen and oxygen atoms in total. The van der Waals surface area contributed by atoms with Crippen molar-refractivity contribution in [3.8, 4) is 0 Å². The molecule has 0 radical (unpaired) electrons. The normalized spacial score (nSPS) is 25.2. The lowest BCUT2D eigenvalue weighted by Gasteiger charge is -2.38. The molecule has 2 amide bonds. The molecule has 1 N–H and O–H groups in total. The van der Waals surface area contributed by atoms with Gasteiger partial charge in [-0.25, -0.2) is 9.18 Å². The van der Waals surface area contributed by atoms with Crippen LogP contribution in [0, 0.1) is 5.82 Å². The standard InChI is InChI=1S/C18H20ClFN4O/c19-13-10-22-23(11-13)17-7-15-5-6-16(8-17)24(15)18(25)21-9-12-1-3-14(20)4-2-12/h1-4,10-11,15-17H,5-9H2,(H,21,25). The molecule has 25 heavy (non-hydrogen) atoms. The number of rotatable bonds is 3. The van der Waals surface area contributed by atoms with Crippen LogP contribution in [0.3, 0.4) is 0 Å². The number of urea groups is 1. The number of hydrogen-bond acceptors (Lipinski definition) is 2. The predicted molar refractivity (Wildman–Crippen MR) is 92.8 cm³/mol. The number of carbonyl (C=O) groups excluding carboxylic acids is 1. The fraction of sp³-hybridized carbons (Fsp3) is 0.444.